The molecule has 0 N–H and O–H groups in total. The summed E-state index contributed by atoms with van der Waals surface area (Å²) < 4.78 is 5.61. The Hall–Kier alpha value is -1.92. The van der Waals surface area contributed by atoms with Gasteiger partial charge in [-0.05, 0) is 52.2 Å². The van der Waals surface area contributed by atoms with E-state index in [1.54, 1.807) is 11.0 Å². The van der Waals surface area contributed by atoms with Crippen LogP contribution >= 0.6 is 0 Å². The fourth-order valence-electron chi connectivity index (χ4n) is 2.85. The van der Waals surface area contributed by atoms with Gasteiger partial charge < -0.3 is 14.5 Å². The van der Waals surface area contributed by atoms with E-state index in [4.69, 9.17) is 4.74 Å². The van der Waals surface area contributed by atoms with E-state index in [2.05, 4.69) is 23.6 Å². The van der Waals surface area contributed by atoms with Gasteiger partial charge in [0.25, 0.3) is 0 Å². The van der Waals surface area contributed by atoms with Crippen LogP contribution in [0.2, 0.25) is 0 Å². The van der Waals surface area contributed by atoms with Gasteiger partial charge in [0.2, 0.25) is 0 Å². The van der Waals surface area contributed by atoms with Crippen LogP contribution in [0.1, 0.15) is 42.7 Å². The van der Waals surface area contributed by atoms with Crippen molar-refractivity contribution in [2.45, 2.75) is 26.8 Å². The maximum Gasteiger partial charge on any atom is 0.415 e. The van der Waals surface area contributed by atoms with E-state index in [0.717, 1.165) is 25.2 Å². The van der Waals surface area contributed by atoms with Gasteiger partial charge in [-0.25, -0.2) is 4.79 Å². The molecule has 0 spiro atoms. The molecule has 0 saturated carbocycles. The number of benzene rings is 1. The lowest BCUT2D eigenvalue weighted by atomic mass is 10.0. The van der Waals surface area contributed by atoms with E-state index in [9.17, 15) is 9.59 Å². The third-order valence-electron chi connectivity index (χ3n) is 4.99. The van der Waals surface area contributed by atoms with Gasteiger partial charge in [0.05, 0.1) is 5.56 Å². The summed E-state index contributed by atoms with van der Waals surface area (Å²) in [5.41, 5.74) is 1.47. The van der Waals surface area contributed by atoms with Crippen LogP contribution in [0.25, 0.3) is 0 Å². The first-order chi connectivity index (χ1) is 11.8. The number of rotatable bonds is 5. The highest BCUT2D eigenvalue weighted by molar-refractivity contribution is 5.97. The molecular formula is C19H29N3O3. The minimum atomic E-state index is -0.385. The Labute approximate surface area is 150 Å². The third-order valence-corrected chi connectivity index (χ3v) is 4.99. The minimum absolute atomic E-state index is 0.107. The summed E-state index contributed by atoms with van der Waals surface area (Å²) in [6.07, 6.45) is -0.385. The van der Waals surface area contributed by atoms with Crippen molar-refractivity contribution < 1.29 is 14.3 Å². The van der Waals surface area contributed by atoms with Crippen LogP contribution in [0, 0.1) is 0 Å². The Balaban J connectivity index is 2.21. The molecule has 2 rings (SSSR count). The number of ether oxygens (including phenoxy) is 1. The third kappa shape index (κ3) is 4.80. The molecule has 1 unspecified atom stereocenters. The van der Waals surface area contributed by atoms with Gasteiger partial charge in [0, 0.05) is 32.2 Å². The van der Waals surface area contributed by atoms with Gasteiger partial charge in [0.1, 0.15) is 5.75 Å². The fraction of sp³-hybridized carbons (Fsp3) is 0.579. The Morgan fingerprint density at radius 1 is 1.24 bits per heavy atom. The van der Waals surface area contributed by atoms with Crippen molar-refractivity contribution >= 4 is 11.9 Å². The van der Waals surface area contributed by atoms with Gasteiger partial charge in [-0.1, -0.05) is 13.0 Å². The van der Waals surface area contributed by atoms with E-state index in [1.165, 1.54) is 6.92 Å². The van der Waals surface area contributed by atoms with Crippen LogP contribution in [0.5, 0.6) is 5.75 Å². The molecule has 0 bridgehead atoms. The number of nitrogens with zero attached hydrogens (tertiary/aromatic N) is 3. The second-order valence-electron chi connectivity index (χ2n) is 6.72. The number of carbonyl (C=O) groups excluding carboxylic acids is 2. The topological polar surface area (TPSA) is 53.1 Å². The molecule has 1 atom stereocenters. The van der Waals surface area contributed by atoms with Crippen LogP contribution in [0.3, 0.4) is 0 Å². The quantitative estimate of drug-likeness (QED) is 0.767. The van der Waals surface area contributed by atoms with Gasteiger partial charge in [-0.2, -0.15) is 0 Å². The van der Waals surface area contributed by atoms with E-state index >= 15 is 0 Å². The highest BCUT2D eigenvalue weighted by Gasteiger charge is 2.23. The standard InChI is InChI=1S/C19H29N3O3/c1-6-21(5)14(2)16-7-8-17(15(3)23)18(13-16)25-19(24)22-11-9-20(4)10-12-22/h7-8,13-14H,6,9-12H2,1-5H3. The molecule has 1 fully saturated rings. The molecule has 0 aromatic heterocycles. The number of Topliss-reactive ketones (excluding diaryl/α,β-unsaturated/α-hetero) is 1. The zero-order chi connectivity index (χ0) is 18.6. The molecule has 1 aliphatic heterocycles. The van der Waals surface area contributed by atoms with Crippen molar-refractivity contribution in [2.75, 3.05) is 46.8 Å². The molecule has 1 aliphatic rings. The first kappa shape index (κ1) is 19.4. The second-order valence-corrected chi connectivity index (χ2v) is 6.72. The highest BCUT2D eigenvalue weighted by Crippen LogP contribution is 2.27. The molecule has 0 radical (unpaired) electrons. The smallest absolute Gasteiger partial charge is 0.409 e. The second kappa shape index (κ2) is 8.45. The molecular weight excluding hydrogens is 318 g/mol. The lowest BCUT2D eigenvalue weighted by Crippen LogP contribution is -2.48. The first-order valence-electron chi connectivity index (χ1n) is 8.84. The summed E-state index contributed by atoms with van der Waals surface area (Å²) in [4.78, 5) is 30.5. The minimum Gasteiger partial charge on any atom is -0.409 e. The predicted molar refractivity (Wildman–Crippen MR) is 98.3 cm³/mol. The molecule has 1 heterocycles. The van der Waals surface area contributed by atoms with Crippen LogP contribution in [0.4, 0.5) is 4.79 Å². The van der Waals surface area contributed by atoms with E-state index in [-0.39, 0.29) is 17.9 Å². The van der Waals surface area contributed by atoms with Crippen LogP contribution in [0.15, 0.2) is 18.2 Å². The van der Waals surface area contributed by atoms with Crippen LogP contribution in [-0.2, 0) is 0 Å². The molecule has 138 valence electrons. The Bertz CT molecular complexity index is 624. The molecule has 1 amide bonds. The van der Waals surface area contributed by atoms with Gasteiger partial charge in [0.15, 0.2) is 5.78 Å². The van der Waals surface area contributed by atoms with Crippen molar-refractivity contribution in [3.8, 4) is 5.75 Å². The fourth-order valence-corrected chi connectivity index (χ4v) is 2.85. The number of hydrogen-bond acceptors (Lipinski definition) is 5. The van der Waals surface area contributed by atoms with Crippen molar-refractivity contribution in [3.05, 3.63) is 29.3 Å². The normalized spacial score (nSPS) is 16.8. The SMILES string of the molecule is CCN(C)C(C)c1ccc(C(C)=O)c(OC(=O)N2CCN(C)CC2)c1. The number of carbonyl (C=O) groups is 2. The molecule has 1 aromatic rings. The van der Waals surface area contributed by atoms with Crippen molar-refractivity contribution in [1.82, 2.24) is 14.7 Å². The average Bonchev–Trinajstić information content (AvgIpc) is 2.60. The van der Waals surface area contributed by atoms with Crippen molar-refractivity contribution in [1.29, 1.82) is 0 Å². The summed E-state index contributed by atoms with van der Waals surface area (Å²) in [7, 11) is 4.07. The number of hydrogen-bond donors (Lipinski definition) is 0. The predicted octanol–water partition coefficient (Wildman–Crippen LogP) is 2.65. The first-order valence-corrected chi connectivity index (χ1v) is 8.84. The maximum atomic E-state index is 12.5. The summed E-state index contributed by atoms with van der Waals surface area (Å²) in [5, 5.41) is 0. The summed E-state index contributed by atoms with van der Waals surface area (Å²) in [6, 6.07) is 5.68. The van der Waals surface area contributed by atoms with Crippen molar-refractivity contribution in [3.63, 3.8) is 0 Å². The maximum absolute atomic E-state index is 12.5. The number of likely N-dealkylation sites (N-methyl/N-ethyl adjacent to an activating group) is 1. The number of ketones is 1. The largest absolute Gasteiger partial charge is 0.415 e. The van der Waals surface area contributed by atoms with Crippen LogP contribution in [-0.4, -0.2) is 73.4 Å². The van der Waals surface area contributed by atoms with Crippen molar-refractivity contribution in [2.24, 2.45) is 0 Å². The molecule has 6 heteroatoms. The Morgan fingerprint density at radius 3 is 2.44 bits per heavy atom. The summed E-state index contributed by atoms with van der Waals surface area (Å²) in [6.45, 7) is 9.52. The molecule has 25 heavy (non-hydrogen) atoms. The van der Waals surface area contributed by atoms with Gasteiger partial charge in [-0.3, -0.25) is 9.69 Å². The molecule has 1 saturated heterocycles. The average molecular weight is 347 g/mol. The Kier molecular flexibility index (Phi) is 6.56. The van der Waals surface area contributed by atoms with Gasteiger partial charge >= 0.3 is 6.09 Å². The monoisotopic (exact) mass is 347 g/mol. The number of amides is 1. The molecule has 0 aliphatic carbocycles. The van der Waals surface area contributed by atoms with E-state index in [1.807, 2.05) is 26.2 Å². The van der Waals surface area contributed by atoms with Gasteiger partial charge in [-0.15, -0.1) is 0 Å². The number of piperazine rings is 1. The molecule has 1 aromatic carbocycles. The zero-order valence-electron chi connectivity index (χ0n) is 15.9. The molecule has 6 nitrogen and oxygen atoms in total. The summed E-state index contributed by atoms with van der Waals surface area (Å²) in [5.74, 6) is 0.245. The van der Waals surface area contributed by atoms with E-state index < -0.39 is 0 Å². The Morgan fingerprint density at radius 2 is 1.88 bits per heavy atom. The van der Waals surface area contributed by atoms with E-state index in [0.29, 0.717) is 24.4 Å². The lowest BCUT2D eigenvalue weighted by molar-refractivity contribution is 0.101. The zero-order valence-corrected chi connectivity index (χ0v) is 15.9. The highest BCUT2D eigenvalue weighted by atomic mass is 16.6. The van der Waals surface area contributed by atoms with Crippen LogP contribution < -0.4 is 4.74 Å². The lowest BCUT2D eigenvalue weighted by Gasteiger charge is -2.31. The summed E-state index contributed by atoms with van der Waals surface area (Å²) >= 11 is 0.